The van der Waals surface area contributed by atoms with E-state index in [4.69, 9.17) is 5.73 Å². The van der Waals surface area contributed by atoms with Crippen LogP contribution < -0.4 is 11.1 Å². The summed E-state index contributed by atoms with van der Waals surface area (Å²) < 4.78 is 13.7. The molecule has 1 atom stereocenters. The molecular formula is C13H19BrClFN2O. The number of benzene rings is 1. The fourth-order valence-corrected chi connectivity index (χ4v) is 2.14. The van der Waals surface area contributed by atoms with E-state index in [0.717, 1.165) is 6.42 Å². The second kappa shape index (κ2) is 8.51. The minimum Gasteiger partial charge on any atom is -0.348 e. The maximum atomic E-state index is 13.1. The molecule has 0 radical (unpaired) electrons. The van der Waals surface area contributed by atoms with Crippen molar-refractivity contribution in [1.29, 1.82) is 0 Å². The maximum absolute atomic E-state index is 13.1. The molecule has 3 nitrogen and oxygen atoms in total. The van der Waals surface area contributed by atoms with E-state index < -0.39 is 5.82 Å². The van der Waals surface area contributed by atoms with Crippen LogP contribution in [-0.2, 0) is 0 Å². The number of hydrogen-bond donors (Lipinski definition) is 2. The smallest absolute Gasteiger partial charge is 0.252 e. The number of carbonyl (C=O) groups excluding carboxylic acids is 1. The Labute approximate surface area is 127 Å². The number of rotatable bonds is 5. The molecule has 1 unspecified atom stereocenters. The van der Waals surface area contributed by atoms with Gasteiger partial charge in [-0.15, -0.1) is 12.4 Å². The molecule has 0 heterocycles. The molecule has 1 amide bonds. The summed E-state index contributed by atoms with van der Waals surface area (Å²) in [6.07, 6.45) is 0.801. The van der Waals surface area contributed by atoms with Gasteiger partial charge >= 0.3 is 0 Å². The third-order valence-corrected chi connectivity index (χ3v) is 3.24. The lowest BCUT2D eigenvalue weighted by atomic mass is 10.0. The molecule has 3 N–H and O–H groups in total. The van der Waals surface area contributed by atoms with Crippen molar-refractivity contribution in [2.75, 3.05) is 6.54 Å². The third kappa shape index (κ3) is 5.89. The lowest BCUT2D eigenvalue weighted by Gasteiger charge is -2.19. The van der Waals surface area contributed by atoms with Crippen LogP contribution in [0.2, 0.25) is 0 Å². The molecule has 0 aliphatic heterocycles. The highest BCUT2D eigenvalue weighted by Crippen LogP contribution is 2.18. The summed E-state index contributed by atoms with van der Waals surface area (Å²) in [5, 5.41) is 2.82. The largest absolute Gasteiger partial charge is 0.348 e. The fourth-order valence-electron chi connectivity index (χ4n) is 1.72. The predicted octanol–water partition coefficient (Wildman–Crippen LogP) is 3.11. The predicted molar refractivity (Wildman–Crippen MR) is 81.1 cm³/mol. The molecule has 0 fully saturated rings. The van der Waals surface area contributed by atoms with E-state index in [-0.39, 0.29) is 29.9 Å². The summed E-state index contributed by atoms with van der Waals surface area (Å²) in [6, 6.07) is 3.94. The average Bonchev–Trinajstić information content (AvgIpc) is 2.30. The van der Waals surface area contributed by atoms with E-state index in [1.807, 2.05) is 0 Å². The summed E-state index contributed by atoms with van der Waals surface area (Å²) in [7, 11) is 0. The zero-order chi connectivity index (χ0) is 13.7. The number of carbonyl (C=O) groups is 1. The molecule has 0 saturated heterocycles. The van der Waals surface area contributed by atoms with Crippen molar-refractivity contribution in [3.8, 4) is 0 Å². The van der Waals surface area contributed by atoms with Crippen LogP contribution in [0.15, 0.2) is 22.7 Å². The van der Waals surface area contributed by atoms with Crippen molar-refractivity contribution < 1.29 is 9.18 Å². The second-order valence-electron chi connectivity index (χ2n) is 4.66. The first-order chi connectivity index (χ1) is 8.43. The van der Waals surface area contributed by atoms with Crippen molar-refractivity contribution in [2.24, 2.45) is 11.7 Å². The zero-order valence-corrected chi connectivity index (χ0v) is 13.4. The lowest BCUT2D eigenvalue weighted by molar-refractivity contribution is 0.0932. The minimum atomic E-state index is -0.434. The quantitative estimate of drug-likeness (QED) is 0.854. The van der Waals surface area contributed by atoms with Gasteiger partial charge in [0.25, 0.3) is 5.91 Å². The van der Waals surface area contributed by atoms with Gasteiger partial charge in [-0.25, -0.2) is 4.39 Å². The summed E-state index contributed by atoms with van der Waals surface area (Å²) in [4.78, 5) is 12.0. The molecule has 1 aromatic carbocycles. The topological polar surface area (TPSA) is 55.1 Å². The second-order valence-corrected chi connectivity index (χ2v) is 5.51. The molecule has 0 aliphatic carbocycles. The van der Waals surface area contributed by atoms with E-state index in [0.29, 0.717) is 16.9 Å². The van der Waals surface area contributed by atoms with E-state index in [2.05, 4.69) is 35.1 Å². The number of nitrogens with one attached hydrogen (secondary N) is 1. The molecule has 1 aromatic rings. The van der Waals surface area contributed by atoms with Crippen molar-refractivity contribution in [3.05, 3.63) is 34.1 Å². The first-order valence-electron chi connectivity index (χ1n) is 5.90. The number of amides is 1. The van der Waals surface area contributed by atoms with Gasteiger partial charge in [-0.05, 0) is 46.5 Å². The van der Waals surface area contributed by atoms with Crippen LogP contribution in [0.5, 0.6) is 0 Å². The van der Waals surface area contributed by atoms with E-state index >= 15 is 0 Å². The van der Waals surface area contributed by atoms with Crippen LogP contribution in [0, 0.1) is 11.7 Å². The Balaban J connectivity index is 0.00000324. The van der Waals surface area contributed by atoms with Crippen LogP contribution in [0.3, 0.4) is 0 Å². The van der Waals surface area contributed by atoms with Crippen molar-refractivity contribution in [3.63, 3.8) is 0 Å². The summed E-state index contributed by atoms with van der Waals surface area (Å²) in [6.45, 7) is 4.50. The third-order valence-electron chi connectivity index (χ3n) is 2.55. The van der Waals surface area contributed by atoms with E-state index in [9.17, 15) is 9.18 Å². The Kier molecular flexibility index (Phi) is 8.22. The van der Waals surface area contributed by atoms with E-state index in [1.165, 1.54) is 18.2 Å². The van der Waals surface area contributed by atoms with Gasteiger partial charge in [0.15, 0.2) is 0 Å². The fraction of sp³-hybridized carbons (Fsp3) is 0.462. The first-order valence-corrected chi connectivity index (χ1v) is 6.69. The first kappa shape index (κ1) is 18.4. The van der Waals surface area contributed by atoms with Gasteiger partial charge < -0.3 is 11.1 Å². The van der Waals surface area contributed by atoms with Gasteiger partial charge in [-0.2, -0.15) is 0 Å². The number of halogens is 3. The normalized spacial score (nSPS) is 11.9. The van der Waals surface area contributed by atoms with Crippen molar-refractivity contribution in [1.82, 2.24) is 5.32 Å². The van der Waals surface area contributed by atoms with Crippen LogP contribution >= 0.6 is 28.3 Å². The molecule has 1 rings (SSSR count). The molecule has 0 spiro atoms. The van der Waals surface area contributed by atoms with Gasteiger partial charge in [-0.3, -0.25) is 4.79 Å². The van der Waals surface area contributed by atoms with E-state index in [1.54, 1.807) is 0 Å². The van der Waals surface area contributed by atoms with Gasteiger partial charge in [0.05, 0.1) is 5.56 Å². The minimum absolute atomic E-state index is 0. The monoisotopic (exact) mass is 352 g/mol. The average molecular weight is 354 g/mol. The molecule has 19 heavy (non-hydrogen) atoms. The molecule has 108 valence electrons. The molecule has 0 saturated carbocycles. The standard InChI is InChI=1S/C13H18BrFN2O.ClH/c1-8(2)5-10(7-16)17-13(18)11-6-9(15)3-4-12(11)14;/h3-4,6,8,10H,5,7,16H2,1-2H3,(H,17,18);1H. The van der Waals surface area contributed by atoms with Crippen LogP contribution in [0.25, 0.3) is 0 Å². The van der Waals surface area contributed by atoms with Crippen LogP contribution in [-0.4, -0.2) is 18.5 Å². The van der Waals surface area contributed by atoms with Crippen molar-refractivity contribution >= 4 is 34.2 Å². The number of hydrogen-bond acceptors (Lipinski definition) is 2. The van der Waals surface area contributed by atoms with Gasteiger partial charge in [0.1, 0.15) is 5.82 Å². The van der Waals surface area contributed by atoms with Crippen LogP contribution in [0.4, 0.5) is 4.39 Å². The van der Waals surface area contributed by atoms with Crippen LogP contribution in [0.1, 0.15) is 30.6 Å². The Morgan fingerprint density at radius 3 is 2.63 bits per heavy atom. The molecule has 0 aliphatic rings. The SMILES string of the molecule is CC(C)CC(CN)NC(=O)c1cc(F)ccc1Br.Cl. The highest BCUT2D eigenvalue weighted by atomic mass is 79.9. The molecule has 6 heteroatoms. The summed E-state index contributed by atoms with van der Waals surface area (Å²) >= 11 is 3.23. The zero-order valence-electron chi connectivity index (χ0n) is 11.0. The summed E-state index contributed by atoms with van der Waals surface area (Å²) in [5.41, 5.74) is 5.90. The lowest BCUT2D eigenvalue weighted by Crippen LogP contribution is -2.41. The molecular weight excluding hydrogens is 335 g/mol. The highest BCUT2D eigenvalue weighted by molar-refractivity contribution is 9.10. The Morgan fingerprint density at radius 1 is 1.47 bits per heavy atom. The Morgan fingerprint density at radius 2 is 2.11 bits per heavy atom. The van der Waals surface area contributed by atoms with Gasteiger partial charge in [-0.1, -0.05) is 13.8 Å². The van der Waals surface area contributed by atoms with Crippen molar-refractivity contribution in [2.45, 2.75) is 26.3 Å². The Bertz CT molecular complexity index is 429. The Hall–Kier alpha value is -0.650. The highest BCUT2D eigenvalue weighted by Gasteiger charge is 2.16. The van der Waals surface area contributed by atoms with Gasteiger partial charge in [0, 0.05) is 17.1 Å². The maximum Gasteiger partial charge on any atom is 0.252 e. The number of nitrogens with two attached hydrogens (primary N) is 1. The van der Waals surface area contributed by atoms with Gasteiger partial charge in [0.2, 0.25) is 0 Å². The molecule has 0 bridgehead atoms. The molecule has 0 aromatic heterocycles. The summed E-state index contributed by atoms with van der Waals surface area (Å²) in [5.74, 6) is -0.302.